The molecule has 0 fully saturated rings. The van der Waals surface area contributed by atoms with Gasteiger partial charge in [0.25, 0.3) is 5.56 Å². The van der Waals surface area contributed by atoms with E-state index in [9.17, 15) is 4.79 Å². The Kier molecular flexibility index (Phi) is 3.14. The average molecular weight is 245 g/mol. The number of nitrogens with zero attached hydrogens (tertiary/aromatic N) is 1. The number of anilines is 1. The Morgan fingerprint density at radius 1 is 1.62 bits per heavy atom. The number of aryl methyl sites for hydroxylation is 1. The normalized spacial score (nSPS) is 10.4. The molecule has 1 heterocycles. The lowest BCUT2D eigenvalue weighted by atomic mass is 10.2. The second kappa shape index (κ2) is 3.96. The molecule has 1 rings (SSSR count). The second-order valence-corrected chi connectivity index (χ2v) is 3.81. The smallest absolute Gasteiger partial charge is 0.265 e. The van der Waals surface area contributed by atoms with Crippen LogP contribution in [0.4, 0.5) is 5.69 Å². The summed E-state index contributed by atoms with van der Waals surface area (Å²) in [6, 6.07) is 0. The molecule has 0 aliphatic heterocycles. The molecule has 3 nitrogen and oxygen atoms in total. The number of aromatic nitrogens is 1. The molecule has 0 aliphatic carbocycles. The maximum absolute atomic E-state index is 11.6. The van der Waals surface area contributed by atoms with Crippen LogP contribution in [0.3, 0.4) is 0 Å². The Morgan fingerprint density at radius 3 is 2.77 bits per heavy atom. The standard InChI is InChI=1S/C9H13BrN2O/c1-3-4-12-5-7(11)6(2)8(10)9(12)13/h5H,3-4,11H2,1-2H3. The molecular weight excluding hydrogens is 232 g/mol. The third kappa shape index (κ3) is 1.94. The molecule has 0 amide bonds. The first-order valence-electron chi connectivity index (χ1n) is 4.23. The van der Waals surface area contributed by atoms with Gasteiger partial charge in [-0.25, -0.2) is 0 Å². The van der Waals surface area contributed by atoms with E-state index in [1.807, 2.05) is 13.8 Å². The molecule has 1 aromatic rings. The van der Waals surface area contributed by atoms with Crippen molar-refractivity contribution in [2.75, 3.05) is 5.73 Å². The summed E-state index contributed by atoms with van der Waals surface area (Å²) in [6.45, 7) is 4.56. The van der Waals surface area contributed by atoms with Crippen LogP contribution in [0.15, 0.2) is 15.5 Å². The van der Waals surface area contributed by atoms with E-state index in [0.29, 0.717) is 16.7 Å². The predicted octanol–water partition coefficient (Wildman–Crippen LogP) is 1.91. The molecule has 0 saturated carbocycles. The van der Waals surface area contributed by atoms with Gasteiger partial charge in [0.1, 0.15) is 0 Å². The van der Waals surface area contributed by atoms with Crippen LogP contribution in [0.5, 0.6) is 0 Å². The van der Waals surface area contributed by atoms with E-state index in [-0.39, 0.29) is 5.56 Å². The summed E-state index contributed by atoms with van der Waals surface area (Å²) >= 11 is 3.24. The van der Waals surface area contributed by atoms with Crippen molar-refractivity contribution < 1.29 is 0 Å². The fraction of sp³-hybridized carbons (Fsp3) is 0.444. The summed E-state index contributed by atoms with van der Waals surface area (Å²) in [4.78, 5) is 11.6. The van der Waals surface area contributed by atoms with E-state index in [1.54, 1.807) is 10.8 Å². The number of pyridine rings is 1. The molecule has 0 saturated heterocycles. The van der Waals surface area contributed by atoms with Crippen molar-refractivity contribution in [2.24, 2.45) is 0 Å². The summed E-state index contributed by atoms with van der Waals surface area (Å²) in [5.74, 6) is 0. The Balaban J connectivity index is 3.33. The van der Waals surface area contributed by atoms with Gasteiger partial charge in [-0.1, -0.05) is 6.92 Å². The van der Waals surface area contributed by atoms with Crippen LogP contribution in [-0.2, 0) is 6.54 Å². The maximum Gasteiger partial charge on any atom is 0.265 e. The number of halogens is 1. The monoisotopic (exact) mass is 244 g/mol. The zero-order valence-corrected chi connectivity index (χ0v) is 9.39. The van der Waals surface area contributed by atoms with Crippen molar-refractivity contribution in [1.82, 2.24) is 4.57 Å². The lowest BCUT2D eigenvalue weighted by Crippen LogP contribution is -2.22. The van der Waals surface area contributed by atoms with Gasteiger partial charge >= 0.3 is 0 Å². The molecule has 2 N–H and O–H groups in total. The van der Waals surface area contributed by atoms with Crippen LogP contribution >= 0.6 is 15.9 Å². The van der Waals surface area contributed by atoms with Gasteiger partial charge in [0.15, 0.2) is 0 Å². The van der Waals surface area contributed by atoms with Crippen molar-refractivity contribution in [3.05, 3.63) is 26.6 Å². The molecule has 0 bridgehead atoms. The first kappa shape index (κ1) is 10.3. The molecule has 4 heteroatoms. The van der Waals surface area contributed by atoms with E-state index in [1.165, 1.54) is 0 Å². The zero-order chi connectivity index (χ0) is 10.0. The third-order valence-electron chi connectivity index (χ3n) is 1.97. The maximum atomic E-state index is 11.6. The fourth-order valence-corrected chi connectivity index (χ4v) is 1.60. The fourth-order valence-electron chi connectivity index (χ4n) is 1.14. The third-order valence-corrected chi connectivity index (χ3v) is 2.90. The number of hydrogen-bond donors (Lipinski definition) is 1. The molecule has 0 radical (unpaired) electrons. The topological polar surface area (TPSA) is 48.0 Å². The first-order valence-corrected chi connectivity index (χ1v) is 5.02. The summed E-state index contributed by atoms with van der Waals surface area (Å²) in [5.41, 5.74) is 7.19. The van der Waals surface area contributed by atoms with E-state index >= 15 is 0 Å². The summed E-state index contributed by atoms with van der Waals surface area (Å²) in [5, 5.41) is 0. The molecule has 0 spiro atoms. The van der Waals surface area contributed by atoms with Crippen molar-refractivity contribution in [1.29, 1.82) is 0 Å². The summed E-state index contributed by atoms with van der Waals surface area (Å²) < 4.78 is 2.20. The Bertz CT molecular complexity index is 371. The molecule has 0 aliphatic rings. The minimum absolute atomic E-state index is 0.00597. The highest BCUT2D eigenvalue weighted by Gasteiger charge is 2.06. The van der Waals surface area contributed by atoms with Crippen molar-refractivity contribution >= 4 is 21.6 Å². The van der Waals surface area contributed by atoms with Gasteiger partial charge in [-0.3, -0.25) is 4.79 Å². The predicted molar refractivity (Wildman–Crippen MR) is 57.8 cm³/mol. The van der Waals surface area contributed by atoms with Gasteiger partial charge < -0.3 is 10.3 Å². The Labute approximate surface area is 85.7 Å². The lowest BCUT2D eigenvalue weighted by molar-refractivity contribution is 0.652. The van der Waals surface area contributed by atoms with Gasteiger partial charge in [0, 0.05) is 12.7 Å². The molecule has 0 atom stereocenters. The average Bonchev–Trinajstić information content (AvgIpc) is 2.11. The van der Waals surface area contributed by atoms with Gasteiger partial charge in [0.2, 0.25) is 0 Å². The number of hydrogen-bond acceptors (Lipinski definition) is 2. The van der Waals surface area contributed by atoms with E-state index in [0.717, 1.165) is 12.0 Å². The minimum Gasteiger partial charge on any atom is -0.397 e. The summed E-state index contributed by atoms with van der Waals surface area (Å²) in [7, 11) is 0. The van der Waals surface area contributed by atoms with Crippen molar-refractivity contribution in [3.63, 3.8) is 0 Å². The zero-order valence-electron chi connectivity index (χ0n) is 7.80. The lowest BCUT2D eigenvalue weighted by Gasteiger charge is -2.08. The molecule has 1 aromatic heterocycles. The number of nitrogen functional groups attached to an aromatic ring is 1. The Morgan fingerprint density at radius 2 is 2.23 bits per heavy atom. The SMILES string of the molecule is CCCn1cc(N)c(C)c(Br)c1=O. The van der Waals surface area contributed by atoms with Crippen LogP contribution in [0.1, 0.15) is 18.9 Å². The minimum atomic E-state index is -0.00597. The van der Waals surface area contributed by atoms with Gasteiger partial charge in [0.05, 0.1) is 10.2 Å². The van der Waals surface area contributed by atoms with Gasteiger partial charge in [-0.2, -0.15) is 0 Å². The summed E-state index contributed by atoms with van der Waals surface area (Å²) in [6.07, 6.45) is 2.63. The first-order chi connectivity index (χ1) is 6.07. The largest absolute Gasteiger partial charge is 0.397 e. The van der Waals surface area contributed by atoms with Crippen molar-refractivity contribution in [3.8, 4) is 0 Å². The van der Waals surface area contributed by atoms with Crippen LogP contribution in [-0.4, -0.2) is 4.57 Å². The number of rotatable bonds is 2. The van der Waals surface area contributed by atoms with Crippen molar-refractivity contribution in [2.45, 2.75) is 26.8 Å². The number of nitrogens with two attached hydrogens (primary N) is 1. The molecular formula is C9H13BrN2O. The molecule has 72 valence electrons. The van der Waals surface area contributed by atoms with Gasteiger partial charge in [-0.15, -0.1) is 0 Å². The quantitative estimate of drug-likeness (QED) is 0.865. The molecule has 0 aromatic carbocycles. The van der Waals surface area contributed by atoms with Crippen LogP contribution in [0.25, 0.3) is 0 Å². The van der Waals surface area contributed by atoms with Crippen LogP contribution < -0.4 is 11.3 Å². The van der Waals surface area contributed by atoms with Crippen LogP contribution in [0, 0.1) is 6.92 Å². The van der Waals surface area contributed by atoms with Crippen LogP contribution in [0.2, 0.25) is 0 Å². The highest BCUT2D eigenvalue weighted by atomic mass is 79.9. The molecule has 0 unspecified atom stereocenters. The van der Waals surface area contributed by atoms with Gasteiger partial charge in [-0.05, 0) is 34.8 Å². The van der Waals surface area contributed by atoms with E-state index in [2.05, 4.69) is 15.9 Å². The molecule has 13 heavy (non-hydrogen) atoms. The Hall–Kier alpha value is -0.770. The highest BCUT2D eigenvalue weighted by molar-refractivity contribution is 9.10. The highest BCUT2D eigenvalue weighted by Crippen LogP contribution is 2.16. The second-order valence-electron chi connectivity index (χ2n) is 3.02. The van der Waals surface area contributed by atoms with E-state index < -0.39 is 0 Å². The van der Waals surface area contributed by atoms with E-state index in [4.69, 9.17) is 5.73 Å².